The van der Waals surface area contributed by atoms with Crippen LogP contribution in [-0.4, -0.2) is 34.3 Å². The molecular weight excluding hydrogens is 329 g/mol. The van der Waals surface area contributed by atoms with E-state index in [4.69, 9.17) is 4.74 Å². The van der Waals surface area contributed by atoms with Crippen molar-refractivity contribution in [1.82, 2.24) is 9.97 Å². The van der Waals surface area contributed by atoms with Gasteiger partial charge in [0.05, 0.1) is 18.1 Å². The quantitative estimate of drug-likeness (QED) is 0.927. The van der Waals surface area contributed by atoms with E-state index >= 15 is 0 Å². The molecule has 0 saturated carbocycles. The van der Waals surface area contributed by atoms with Gasteiger partial charge in [-0.25, -0.2) is 9.37 Å². The van der Waals surface area contributed by atoms with Gasteiger partial charge in [-0.3, -0.25) is 9.78 Å². The van der Waals surface area contributed by atoms with Crippen LogP contribution < -0.4 is 5.32 Å². The number of ether oxygens (including phenoxy) is 1. The van der Waals surface area contributed by atoms with Gasteiger partial charge in [0.15, 0.2) is 5.13 Å². The Kier molecular flexibility index (Phi) is 3.85. The molecule has 2 saturated heterocycles. The Bertz CT molecular complexity index is 781. The van der Waals surface area contributed by atoms with Gasteiger partial charge in [-0.1, -0.05) is 0 Å². The molecule has 24 heavy (non-hydrogen) atoms. The fraction of sp³-hybridized carbons (Fsp3) is 0.471. The van der Waals surface area contributed by atoms with Gasteiger partial charge in [0.1, 0.15) is 6.17 Å². The molecule has 2 bridgehead atoms. The van der Waals surface area contributed by atoms with E-state index in [0.717, 1.165) is 16.1 Å². The summed E-state index contributed by atoms with van der Waals surface area (Å²) < 4.78 is 20.0. The highest BCUT2D eigenvalue weighted by Gasteiger charge is 2.57. The molecule has 1 amide bonds. The zero-order valence-electron chi connectivity index (χ0n) is 13.4. The van der Waals surface area contributed by atoms with Gasteiger partial charge in [-0.05, 0) is 31.5 Å². The molecule has 0 radical (unpaired) electrons. The van der Waals surface area contributed by atoms with Crippen molar-refractivity contribution in [3.8, 4) is 0 Å². The molecule has 4 heterocycles. The highest BCUT2D eigenvalue weighted by Crippen LogP contribution is 2.50. The fourth-order valence-electron chi connectivity index (χ4n) is 3.78. The van der Waals surface area contributed by atoms with E-state index in [-0.39, 0.29) is 24.3 Å². The molecule has 2 aliphatic rings. The summed E-state index contributed by atoms with van der Waals surface area (Å²) in [5, 5.41) is 3.44. The lowest BCUT2D eigenvalue weighted by Crippen LogP contribution is -2.39. The molecule has 2 aromatic heterocycles. The average molecular weight is 347 g/mol. The lowest BCUT2D eigenvalue weighted by Gasteiger charge is -2.29. The number of hydrogen-bond acceptors (Lipinski definition) is 5. The first-order valence-corrected chi connectivity index (χ1v) is 8.80. The van der Waals surface area contributed by atoms with Gasteiger partial charge in [0, 0.05) is 35.3 Å². The van der Waals surface area contributed by atoms with Crippen LogP contribution in [0.1, 0.15) is 28.5 Å². The van der Waals surface area contributed by atoms with Crippen LogP contribution >= 0.6 is 11.3 Å². The van der Waals surface area contributed by atoms with E-state index in [0.29, 0.717) is 5.13 Å². The number of nitrogens with zero attached hydrogens (tertiary/aromatic N) is 2. The zero-order valence-corrected chi connectivity index (χ0v) is 14.2. The smallest absolute Gasteiger partial charge is 0.232 e. The lowest BCUT2D eigenvalue weighted by molar-refractivity contribution is -0.121. The number of anilines is 1. The maximum absolute atomic E-state index is 14.2. The van der Waals surface area contributed by atoms with Crippen molar-refractivity contribution in [3.05, 3.63) is 40.7 Å². The van der Waals surface area contributed by atoms with Gasteiger partial charge in [0.25, 0.3) is 0 Å². The third kappa shape index (κ3) is 2.61. The van der Waals surface area contributed by atoms with Crippen molar-refractivity contribution in [1.29, 1.82) is 0 Å². The number of halogens is 1. The van der Waals surface area contributed by atoms with Crippen molar-refractivity contribution in [2.75, 3.05) is 5.32 Å². The summed E-state index contributed by atoms with van der Waals surface area (Å²) in [4.78, 5) is 22.2. The van der Waals surface area contributed by atoms with Gasteiger partial charge in [-0.2, -0.15) is 0 Å². The van der Waals surface area contributed by atoms with Crippen molar-refractivity contribution < 1.29 is 13.9 Å². The maximum Gasteiger partial charge on any atom is 0.232 e. The molecule has 1 N–H and O–H groups in total. The summed E-state index contributed by atoms with van der Waals surface area (Å²) in [5.74, 6) is -0.849. The van der Waals surface area contributed by atoms with Gasteiger partial charge >= 0.3 is 0 Å². The second-order valence-corrected chi connectivity index (χ2v) is 7.67. The van der Waals surface area contributed by atoms with Crippen LogP contribution in [0, 0.1) is 19.8 Å². The van der Waals surface area contributed by atoms with Gasteiger partial charge in [0.2, 0.25) is 5.91 Å². The molecule has 2 fully saturated rings. The van der Waals surface area contributed by atoms with Gasteiger partial charge in [-0.15, -0.1) is 11.3 Å². The van der Waals surface area contributed by atoms with E-state index in [1.54, 1.807) is 12.4 Å². The summed E-state index contributed by atoms with van der Waals surface area (Å²) in [7, 11) is 0. The molecule has 0 aliphatic carbocycles. The number of carbonyl (C=O) groups excluding carboxylic acids is 1. The van der Waals surface area contributed by atoms with E-state index in [9.17, 15) is 9.18 Å². The topological polar surface area (TPSA) is 64.1 Å². The third-order valence-electron chi connectivity index (χ3n) is 4.75. The molecule has 0 unspecified atom stereocenters. The van der Waals surface area contributed by atoms with Crippen LogP contribution in [0.2, 0.25) is 0 Å². The largest absolute Gasteiger partial charge is 0.370 e. The molecule has 5 atom stereocenters. The number of thiazole rings is 1. The monoisotopic (exact) mass is 347 g/mol. The minimum atomic E-state index is -1.03. The summed E-state index contributed by atoms with van der Waals surface area (Å²) in [6.45, 7) is 3.82. The third-order valence-corrected chi connectivity index (χ3v) is 5.58. The highest BCUT2D eigenvalue weighted by molar-refractivity contribution is 7.15. The van der Waals surface area contributed by atoms with Crippen LogP contribution in [-0.2, 0) is 9.53 Å². The number of fused-ring (bicyclic) bond motifs is 2. The molecule has 2 aliphatic heterocycles. The Hall–Kier alpha value is -1.86. The van der Waals surface area contributed by atoms with Crippen molar-refractivity contribution in [3.63, 3.8) is 0 Å². The second-order valence-electron chi connectivity index (χ2n) is 6.44. The SMILES string of the molecule is Cc1cc([C@H]2[C@H]3O[C@H](C[C@H]3F)[C@@H]2C(=O)Nc2ncc(C)s2)ccn1. The number of rotatable bonds is 3. The lowest BCUT2D eigenvalue weighted by atomic mass is 9.74. The Labute approximate surface area is 143 Å². The summed E-state index contributed by atoms with van der Waals surface area (Å²) in [6.07, 6.45) is 1.72. The molecule has 4 rings (SSSR count). The highest BCUT2D eigenvalue weighted by atomic mass is 32.1. The maximum atomic E-state index is 14.2. The molecular formula is C17H18FN3O2S. The van der Waals surface area contributed by atoms with E-state index in [1.807, 2.05) is 26.0 Å². The first-order chi connectivity index (χ1) is 11.5. The average Bonchev–Trinajstić information content (AvgIpc) is 3.21. The first kappa shape index (κ1) is 15.7. The van der Waals surface area contributed by atoms with Gasteiger partial charge < -0.3 is 10.1 Å². The fourth-order valence-corrected chi connectivity index (χ4v) is 4.45. The van der Waals surface area contributed by atoms with Crippen LogP contribution in [0.3, 0.4) is 0 Å². The summed E-state index contributed by atoms with van der Waals surface area (Å²) in [6, 6.07) is 3.76. The van der Waals surface area contributed by atoms with E-state index < -0.39 is 18.2 Å². The number of aryl methyl sites for hydroxylation is 2. The normalized spacial score (nSPS) is 31.4. The van der Waals surface area contributed by atoms with Crippen molar-refractivity contribution in [2.45, 2.75) is 44.6 Å². The zero-order chi connectivity index (χ0) is 16.8. The Morgan fingerprint density at radius 3 is 2.96 bits per heavy atom. The number of alkyl halides is 1. The van der Waals surface area contributed by atoms with Crippen LogP contribution in [0.5, 0.6) is 0 Å². The molecule has 0 aromatic carbocycles. The number of aromatic nitrogens is 2. The number of hydrogen-bond donors (Lipinski definition) is 1. The Morgan fingerprint density at radius 1 is 1.42 bits per heavy atom. The number of carbonyl (C=O) groups is 1. The standard InChI is InChI=1S/C17H18FN3O2S/c1-8-5-10(3-4-19-8)13-14(12-6-11(18)15(13)23-12)16(22)21-17-20-7-9(2)24-17/h3-5,7,11-15H,6H2,1-2H3,(H,20,21,22)/t11-,12-,13-,14+,15+/m1/s1. The first-order valence-electron chi connectivity index (χ1n) is 7.98. The molecule has 126 valence electrons. The van der Waals surface area contributed by atoms with Crippen molar-refractivity contribution >= 4 is 22.4 Å². The van der Waals surface area contributed by atoms with Crippen LogP contribution in [0.25, 0.3) is 0 Å². The minimum Gasteiger partial charge on any atom is -0.370 e. The number of nitrogens with one attached hydrogen (secondary N) is 1. The van der Waals surface area contributed by atoms with Crippen LogP contribution in [0.4, 0.5) is 9.52 Å². The summed E-state index contributed by atoms with van der Waals surface area (Å²) >= 11 is 1.43. The number of pyridine rings is 1. The molecule has 2 aromatic rings. The molecule has 7 heteroatoms. The Balaban J connectivity index is 1.63. The second kappa shape index (κ2) is 5.89. The van der Waals surface area contributed by atoms with E-state index in [1.165, 1.54) is 11.3 Å². The predicted octanol–water partition coefficient (Wildman–Crippen LogP) is 3.00. The van der Waals surface area contributed by atoms with Crippen molar-refractivity contribution in [2.24, 2.45) is 5.92 Å². The Morgan fingerprint density at radius 2 is 2.25 bits per heavy atom. The number of amides is 1. The minimum absolute atomic E-state index is 0.150. The predicted molar refractivity (Wildman–Crippen MR) is 88.9 cm³/mol. The van der Waals surface area contributed by atoms with Crippen LogP contribution in [0.15, 0.2) is 24.5 Å². The van der Waals surface area contributed by atoms with E-state index in [2.05, 4.69) is 15.3 Å². The molecule has 0 spiro atoms. The summed E-state index contributed by atoms with van der Waals surface area (Å²) in [5.41, 5.74) is 1.76. The molecule has 5 nitrogen and oxygen atoms in total.